The topological polar surface area (TPSA) is 116 Å². The van der Waals surface area contributed by atoms with Crippen LogP contribution in [0.5, 0.6) is 11.5 Å². The zero-order valence-corrected chi connectivity index (χ0v) is 20.8. The Labute approximate surface area is 210 Å². The lowest BCUT2D eigenvalue weighted by molar-refractivity contribution is 0.279. The van der Waals surface area contributed by atoms with E-state index in [1.54, 1.807) is 23.5 Å². The van der Waals surface area contributed by atoms with Crippen molar-refractivity contribution in [1.82, 2.24) is 4.98 Å². The molecule has 35 heavy (non-hydrogen) atoms. The van der Waals surface area contributed by atoms with Crippen molar-refractivity contribution in [2.45, 2.75) is 57.3 Å². The molecule has 0 bridgehead atoms. The number of thiazole rings is 1. The van der Waals surface area contributed by atoms with Crippen molar-refractivity contribution >= 4 is 22.2 Å². The van der Waals surface area contributed by atoms with E-state index in [1.807, 2.05) is 36.4 Å². The van der Waals surface area contributed by atoms with Crippen molar-refractivity contribution in [3.63, 3.8) is 0 Å². The Hall–Kier alpha value is -3.26. The highest BCUT2D eigenvalue weighted by Crippen LogP contribution is 2.39. The fourth-order valence-corrected chi connectivity index (χ4v) is 5.35. The van der Waals surface area contributed by atoms with Crippen LogP contribution in [0.3, 0.4) is 0 Å². The molecule has 8 heteroatoms. The number of hydrogen-bond acceptors (Lipinski definition) is 7. The number of oxime groups is 1. The van der Waals surface area contributed by atoms with Crippen LogP contribution < -0.4 is 20.9 Å². The molecular formula is C27H34N4O3S. The van der Waals surface area contributed by atoms with Gasteiger partial charge in [0, 0.05) is 17.0 Å². The second kappa shape index (κ2) is 12.4. The minimum absolute atomic E-state index is 0.0854. The Kier molecular flexibility index (Phi) is 8.84. The molecule has 5 N–H and O–H groups in total. The van der Waals surface area contributed by atoms with Crippen LogP contribution in [0.4, 0.5) is 5.00 Å². The van der Waals surface area contributed by atoms with Gasteiger partial charge in [-0.25, -0.2) is 4.98 Å². The van der Waals surface area contributed by atoms with E-state index in [0.29, 0.717) is 24.7 Å². The number of unbranched alkanes of at least 4 members (excludes halogenated alkanes) is 2. The summed E-state index contributed by atoms with van der Waals surface area (Å²) in [6, 6.07) is 15.2. The average molecular weight is 495 g/mol. The lowest BCUT2D eigenvalue weighted by Crippen LogP contribution is -2.12. The summed E-state index contributed by atoms with van der Waals surface area (Å²) in [5.41, 5.74) is 14.5. The summed E-state index contributed by atoms with van der Waals surface area (Å²) in [4.78, 5) is 4.90. The monoisotopic (exact) mass is 494 g/mol. The van der Waals surface area contributed by atoms with Crippen LogP contribution in [0.15, 0.2) is 53.7 Å². The first-order chi connectivity index (χ1) is 17.1. The van der Waals surface area contributed by atoms with E-state index in [9.17, 15) is 0 Å². The van der Waals surface area contributed by atoms with Crippen molar-refractivity contribution < 1.29 is 14.7 Å². The first kappa shape index (κ1) is 24.9. The zero-order valence-electron chi connectivity index (χ0n) is 20.0. The third-order valence-corrected chi connectivity index (χ3v) is 7.38. The number of ether oxygens (including phenoxy) is 2. The average Bonchev–Trinajstić information content (AvgIpc) is 3.30. The number of hydrogen-bond donors (Lipinski definition) is 3. The SMILES string of the molecule is N/C(=N/O)c1ccc(OCCCCCOc2ccc(-c3nc(C4CCCCC4)sc3N)cc2)cc1. The van der Waals surface area contributed by atoms with Crippen molar-refractivity contribution in [2.24, 2.45) is 10.9 Å². The summed E-state index contributed by atoms with van der Waals surface area (Å²) in [6.45, 7) is 1.30. The van der Waals surface area contributed by atoms with Gasteiger partial charge in [0.15, 0.2) is 5.84 Å². The minimum atomic E-state index is 0.0854. The summed E-state index contributed by atoms with van der Waals surface area (Å²) in [6.07, 6.45) is 9.31. The maximum absolute atomic E-state index is 8.70. The minimum Gasteiger partial charge on any atom is -0.494 e. The zero-order chi connectivity index (χ0) is 24.5. The predicted molar refractivity (Wildman–Crippen MR) is 142 cm³/mol. The van der Waals surface area contributed by atoms with Gasteiger partial charge in [0.1, 0.15) is 22.2 Å². The summed E-state index contributed by atoms with van der Waals surface area (Å²) in [5.74, 6) is 2.28. The third-order valence-electron chi connectivity index (χ3n) is 6.34. The van der Waals surface area contributed by atoms with E-state index in [4.69, 9.17) is 31.1 Å². The molecule has 0 aliphatic heterocycles. The van der Waals surface area contributed by atoms with E-state index in [1.165, 1.54) is 37.1 Å². The Morgan fingerprint density at radius 2 is 1.51 bits per heavy atom. The van der Waals surface area contributed by atoms with Gasteiger partial charge in [0.05, 0.1) is 18.2 Å². The molecular weight excluding hydrogens is 460 g/mol. The van der Waals surface area contributed by atoms with Gasteiger partial charge in [0.2, 0.25) is 0 Å². The Morgan fingerprint density at radius 3 is 2.11 bits per heavy atom. The number of anilines is 1. The second-order valence-corrected chi connectivity index (χ2v) is 9.95. The van der Waals surface area contributed by atoms with Crippen molar-refractivity contribution in [3.05, 3.63) is 59.1 Å². The number of amidine groups is 1. The first-order valence-electron chi connectivity index (χ1n) is 12.3. The molecule has 1 heterocycles. The van der Waals surface area contributed by atoms with Gasteiger partial charge < -0.3 is 26.1 Å². The van der Waals surface area contributed by atoms with Crippen LogP contribution in [-0.4, -0.2) is 29.2 Å². The molecule has 4 rings (SSSR count). The van der Waals surface area contributed by atoms with E-state index in [-0.39, 0.29) is 5.84 Å². The van der Waals surface area contributed by atoms with Crippen LogP contribution in [-0.2, 0) is 0 Å². The van der Waals surface area contributed by atoms with Crippen molar-refractivity contribution in [2.75, 3.05) is 18.9 Å². The van der Waals surface area contributed by atoms with Crippen LogP contribution in [0.25, 0.3) is 11.3 Å². The number of benzene rings is 2. The Bertz CT molecular complexity index is 1090. The van der Waals surface area contributed by atoms with Gasteiger partial charge >= 0.3 is 0 Å². The maximum Gasteiger partial charge on any atom is 0.170 e. The fraction of sp³-hybridized carbons (Fsp3) is 0.407. The summed E-state index contributed by atoms with van der Waals surface area (Å²) in [5, 5.41) is 13.7. The number of nitrogens with zero attached hydrogens (tertiary/aromatic N) is 2. The molecule has 0 amide bonds. The van der Waals surface area contributed by atoms with Gasteiger partial charge in [-0.3, -0.25) is 0 Å². The third kappa shape index (κ3) is 6.88. The molecule has 0 radical (unpaired) electrons. The summed E-state index contributed by atoms with van der Waals surface area (Å²) >= 11 is 1.65. The lowest BCUT2D eigenvalue weighted by Gasteiger charge is -2.18. The van der Waals surface area contributed by atoms with Gasteiger partial charge in [-0.15, -0.1) is 11.3 Å². The number of aromatic nitrogens is 1. The molecule has 1 fully saturated rings. The second-order valence-electron chi connectivity index (χ2n) is 8.89. The molecule has 2 aromatic carbocycles. The first-order valence-corrected chi connectivity index (χ1v) is 13.2. The van der Waals surface area contributed by atoms with Crippen LogP contribution in [0, 0.1) is 0 Å². The molecule has 1 aliphatic rings. The lowest BCUT2D eigenvalue weighted by atomic mass is 9.90. The smallest absolute Gasteiger partial charge is 0.170 e. The van der Waals surface area contributed by atoms with Crippen LogP contribution >= 0.6 is 11.3 Å². The standard InChI is InChI=1S/C27H34N4O3S/c28-25(31-32)20-11-15-23(16-12-20)34-18-6-2-5-17-33-22-13-9-19(10-14-22)24-26(29)35-27(30-24)21-7-3-1-4-8-21/h9-16,21,32H,1-8,17-18,29H2,(H2,28,31). The Balaban J connectivity index is 1.15. The highest BCUT2D eigenvalue weighted by molar-refractivity contribution is 7.16. The molecule has 0 spiro atoms. The fourth-order valence-electron chi connectivity index (χ4n) is 4.33. The predicted octanol–water partition coefficient (Wildman–Crippen LogP) is 6.16. The summed E-state index contributed by atoms with van der Waals surface area (Å²) in [7, 11) is 0. The maximum atomic E-state index is 8.70. The van der Waals surface area contributed by atoms with Crippen LogP contribution in [0.2, 0.25) is 0 Å². The molecule has 186 valence electrons. The molecule has 0 atom stereocenters. The highest BCUT2D eigenvalue weighted by Gasteiger charge is 2.21. The molecule has 1 aromatic heterocycles. The largest absolute Gasteiger partial charge is 0.494 e. The van der Waals surface area contributed by atoms with Gasteiger partial charge in [0.25, 0.3) is 0 Å². The van der Waals surface area contributed by atoms with Gasteiger partial charge in [-0.05, 0) is 80.6 Å². The van der Waals surface area contributed by atoms with E-state index >= 15 is 0 Å². The van der Waals surface area contributed by atoms with Crippen molar-refractivity contribution in [1.29, 1.82) is 0 Å². The number of rotatable bonds is 11. The Morgan fingerprint density at radius 1 is 0.914 bits per heavy atom. The van der Waals surface area contributed by atoms with Gasteiger partial charge in [-0.1, -0.05) is 24.4 Å². The molecule has 0 saturated heterocycles. The van der Waals surface area contributed by atoms with Crippen LogP contribution in [0.1, 0.15) is 67.9 Å². The molecule has 7 nitrogen and oxygen atoms in total. The van der Waals surface area contributed by atoms with E-state index in [0.717, 1.165) is 47.0 Å². The number of nitrogen functional groups attached to an aromatic ring is 1. The molecule has 1 aliphatic carbocycles. The van der Waals surface area contributed by atoms with Crippen molar-refractivity contribution in [3.8, 4) is 22.8 Å². The summed E-state index contributed by atoms with van der Waals surface area (Å²) < 4.78 is 11.7. The van der Waals surface area contributed by atoms with Gasteiger partial charge in [-0.2, -0.15) is 0 Å². The quantitative estimate of drug-likeness (QED) is 0.0966. The normalized spacial score (nSPS) is 14.7. The van der Waals surface area contributed by atoms with E-state index in [2.05, 4.69) is 5.16 Å². The highest BCUT2D eigenvalue weighted by atomic mass is 32.1. The van der Waals surface area contributed by atoms with E-state index < -0.39 is 0 Å². The molecule has 1 saturated carbocycles. The molecule has 3 aromatic rings. The molecule has 0 unspecified atom stereocenters. The number of nitrogens with two attached hydrogens (primary N) is 2.